The van der Waals surface area contributed by atoms with Crippen LogP contribution < -0.4 is 5.32 Å². The molecule has 0 unspecified atom stereocenters. The van der Waals surface area contributed by atoms with E-state index >= 15 is 0 Å². The first-order valence-corrected chi connectivity index (χ1v) is 11.6. The van der Waals surface area contributed by atoms with Crippen molar-refractivity contribution in [1.29, 1.82) is 0 Å². The van der Waals surface area contributed by atoms with E-state index in [0.717, 1.165) is 30.0 Å². The van der Waals surface area contributed by atoms with Crippen molar-refractivity contribution in [1.82, 2.24) is 14.3 Å². The van der Waals surface area contributed by atoms with Crippen molar-refractivity contribution in [2.45, 2.75) is 43.0 Å². The van der Waals surface area contributed by atoms with Gasteiger partial charge in [0.2, 0.25) is 15.9 Å². The summed E-state index contributed by atoms with van der Waals surface area (Å²) in [5.74, 6) is 0.711. The number of hydrogen-bond donors (Lipinski definition) is 1. The third-order valence-corrected chi connectivity index (χ3v) is 7.21. The summed E-state index contributed by atoms with van der Waals surface area (Å²) in [5.41, 5.74) is 1.43. The number of sulfonamides is 1. The normalized spacial score (nSPS) is 15.4. The Bertz CT molecular complexity index is 920. The second-order valence-electron chi connectivity index (χ2n) is 6.72. The Labute approximate surface area is 170 Å². The first-order valence-electron chi connectivity index (χ1n) is 9.20. The number of amides is 1. The Hall–Kier alpha value is -1.97. The molecule has 1 aliphatic rings. The zero-order chi connectivity index (χ0) is 20.1. The molecule has 0 radical (unpaired) electrons. The molecule has 0 atom stereocenters. The van der Waals surface area contributed by atoms with Crippen LogP contribution >= 0.6 is 11.8 Å². The van der Waals surface area contributed by atoms with Crippen molar-refractivity contribution in [2.75, 3.05) is 24.2 Å². The number of nitrogens with zero attached hydrogens (tertiary/aromatic N) is 3. The summed E-state index contributed by atoms with van der Waals surface area (Å²) < 4.78 is 26.9. The maximum absolute atomic E-state index is 12.7. The Kier molecular flexibility index (Phi) is 6.69. The molecule has 2 heterocycles. The molecule has 0 aliphatic carbocycles. The van der Waals surface area contributed by atoms with E-state index in [1.54, 1.807) is 24.3 Å². The molecule has 0 saturated carbocycles. The fourth-order valence-electron chi connectivity index (χ4n) is 3.06. The molecule has 150 valence electrons. The standard InChI is InChI=1S/C19H24N4O3S2/c1-14-12-19(21-15(2)20-14)27-13-18(24)22-16-6-8-17(9-7-16)28(25,26)23-10-4-3-5-11-23/h6-9,12H,3-5,10-11,13H2,1-2H3,(H,22,24). The Balaban J connectivity index is 1.58. The van der Waals surface area contributed by atoms with Gasteiger partial charge in [-0.05, 0) is 57.0 Å². The summed E-state index contributed by atoms with van der Waals surface area (Å²) in [5, 5.41) is 3.54. The summed E-state index contributed by atoms with van der Waals surface area (Å²) in [6, 6.07) is 8.18. The number of carbonyl (C=O) groups is 1. The van der Waals surface area contributed by atoms with Crippen molar-refractivity contribution in [3.05, 3.63) is 41.9 Å². The number of nitrogens with one attached hydrogen (secondary N) is 1. The first-order chi connectivity index (χ1) is 13.3. The predicted molar refractivity (Wildman–Crippen MR) is 110 cm³/mol. The van der Waals surface area contributed by atoms with Gasteiger partial charge in [-0.1, -0.05) is 18.2 Å². The summed E-state index contributed by atoms with van der Waals surface area (Å²) in [6.07, 6.45) is 2.87. The molecule has 2 aromatic rings. The molecule has 0 spiro atoms. The molecule has 1 aliphatic heterocycles. The molecular weight excluding hydrogens is 396 g/mol. The van der Waals surface area contributed by atoms with E-state index in [2.05, 4.69) is 15.3 Å². The van der Waals surface area contributed by atoms with Gasteiger partial charge in [-0.15, -0.1) is 0 Å². The van der Waals surface area contributed by atoms with Crippen molar-refractivity contribution >= 4 is 33.4 Å². The van der Waals surface area contributed by atoms with Gasteiger partial charge in [0.1, 0.15) is 10.9 Å². The number of anilines is 1. The van der Waals surface area contributed by atoms with E-state index in [1.165, 1.54) is 16.1 Å². The van der Waals surface area contributed by atoms with E-state index < -0.39 is 10.0 Å². The van der Waals surface area contributed by atoms with Crippen molar-refractivity contribution < 1.29 is 13.2 Å². The summed E-state index contributed by atoms with van der Waals surface area (Å²) in [7, 11) is -3.46. The maximum atomic E-state index is 12.7. The van der Waals surface area contributed by atoms with Crippen LogP contribution in [0.4, 0.5) is 5.69 Å². The Morgan fingerprint density at radius 1 is 1.11 bits per heavy atom. The van der Waals surface area contributed by atoms with Crippen LogP contribution in [0, 0.1) is 13.8 Å². The maximum Gasteiger partial charge on any atom is 0.243 e. The van der Waals surface area contributed by atoms with Gasteiger partial charge in [0, 0.05) is 24.5 Å². The van der Waals surface area contributed by atoms with Crippen LogP contribution in [0.15, 0.2) is 40.3 Å². The number of carbonyl (C=O) groups excluding carboxylic acids is 1. The van der Waals surface area contributed by atoms with Gasteiger partial charge in [-0.3, -0.25) is 4.79 Å². The zero-order valence-corrected chi connectivity index (χ0v) is 17.6. The van der Waals surface area contributed by atoms with Gasteiger partial charge in [0.25, 0.3) is 0 Å². The molecule has 9 heteroatoms. The van der Waals surface area contributed by atoms with Gasteiger partial charge in [0.15, 0.2) is 0 Å². The fourth-order valence-corrected chi connectivity index (χ4v) is 5.38. The molecule has 1 amide bonds. The topological polar surface area (TPSA) is 92.3 Å². The predicted octanol–water partition coefficient (Wildman–Crippen LogP) is 3.00. The highest BCUT2D eigenvalue weighted by Gasteiger charge is 2.25. The van der Waals surface area contributed by atoms with Crippen LogP contribution in [-0.2, 0) is 14.8 Å². The van der Waals surface area contributed by atoms with Crippen LogP contribution in [0.1, 0.15) is 30.8 Å². The average Bonchev–Trinajstić information content (AvgIpc) is 2.67. The highest BCUT2D eigenvalue weighted by Crippen LogP contribution is 2.22. The number of rotatable bonds is 6. The van der Waals surface area contributed by atoms with Crippen molar-refractivity contribution in [3.63, 3.8) is 0 Å². The van der Waals surface area contributed by atoms with E-state index in [-0.39, 0.29) is 16.6 Å². The molecule has 28 heavy (non-hydrogen) atoms. The number of aryl methyl sites for hydroxylation is 2. The van der Waals surface area contributed by atoms with Gasteiger partial charge in [-0.2, -0.15) is 4.31 Å². The van der Waals surface area contributed by atoms with Crippen LogP contribution in [0.25, 0.3) is 0 Å². The zero-order valence-electron chi connectivity index (χ0n) is 16.0. The van der Waals surface area contributed by atoms with Crippen molar-refractivity contribution in [3.8, 4) is 0 Å². The number of benzene rings is 1. The minimum absolute atomic E-state index is 0.175. The molecule has 1 saturated heterocycles. The number of piperidine rings is 1. The van der Waals surface area contributed by atoms with Crippen LogP contribution in [-0.4, -0.2) is 47.4 Å². The van der Waals surface area contributed by atoms with Crippen molar-refractivity contribution in [2.24, 2.45) is 0 Å². The smallest absolute Gasteiger partial charge is 0.243 e. The van der Waals surface area contributed by atoms with Gasteiger partial charge < -0.3 is 5.32 Å². The second kappa shape index (κ2) is 9.02. The average molecular weight is 421 g/mol. The highest BCUT2D eigenvalue weighted by atomic mass is 32.2. The lowest BCUT2D eigenvalue weighted by molar-refractivity contribution is -0.113. The number of aromatic nitrogens is 2. The monoisotopic (exact) mass is 420 g/mol. The lowest BCUT2D eigenvalue weighted by atomic mass is 10.2. The molecule has 3 rings (SSSR count). The molecule has 1 N–H and O–H groups in total. The molecule has 1 aromatic carbocycles. The lowest BCUT2D eigenvalue weighted by Crippen LogP contribution is -2.35. The molecule has 0 bridgehead atoms. The minimum Gasteiger partial charge on any atom is -0.325 e. The molecule has 7 nitrogen and oxygen atoms in total. The van der Waals surface area contributed by atoms with Crippen LogP contribution in [0.5, 0.6) is 0 Å². The Morgan fingerprint density at radius 2 is 1.79 bits per heavy atom. The van der Waals surface area contributed by atoms with Crippen LogP contribution in [0.2, 0.25) is 0 Å². The molecule has 1 fully saturated rings. The third-order valence-electron chi connectivity index (χ3n) is 4.38. The van der Waals surface area contributed by atoms with E-state index in [1.807, 2.05) is 19.9 Å². The van der Waals surface area contributed by atoms with E-state index in [4.69, 9.17) is 0 Å². The summed E-state index contributed by atoms with van der Waals surface area (Å²) in [6.45, 7) is 4.84. The third kappa shape index (κ3) is 5.30. The second-order valence-corrected chi connectivity index (χ2v) is 9.65. The van der Waals surface area contributed by atoms with Crippen LogP contribution in [0.3, 0.4) is 0 Å². The quantitative estimate of drug-likeness (QED) is 0.570. The lowest BCUT2D eigenvalue weighted by Gasteiger charge is -2.25. The summed E-state index contributed by atoms with van der Waals surface area (Å²) in [4.78, 5) is 21.0. The molecular formula is C19H24N4O3S2. The summed E-state index contributed by atoms with van der Waals surface area (Å²) >= 11 is 1.34. The van der Waals surface area contributed by atoms with Gasteiger partial charge >= 0.3 is 0 Å². The largest absolute Gasteiger partial charge is 0.325 e. The van der Waals surface area contributed by atoms with Gasteiger partial charge in [-0.25, -0.2) is 18.4 Å². The fraction of sp³-hybridized carbons (Fsp3) is 0.421. The number of hydrogen-bond acceptors (Lipinski definition) is 6. The minimum atomic E-state index is -3.46. The van der Waals surface area contributed by atoms with Gasteiger partial charge in [0.05, 0.1) is 10.6 Å². The SMILES string of the molecule is Cc1cc(SCC(=O)Nc2ccc(S(=O)(=O)N3CCCCC3)cc2)nc(C)n1. The van der Waals surface area contributed by atoms with E-state index in [0.29, 0.717) is 24.6 Å². The number of thioether (sulfide) groups is 1. The van der Waals surface area contributed by atoms with E-state index in [9.17, 15) is 13.2 Å². The Morgan fingerprint density at radius 3 is 2.43 bits per heavy atom. The first kappa shape index (κ1) is 20.8. The molecule has 1 aromatic heterocycles. The highest BCUT2D eigenvalue weighted by molar-refractivity contribution is 7.99.